The summed E-state index contributed by atoms with van der Waals surface area (Å²) in [6.45, 7) is 1.85. The van der Waals surface area contributed by atoms with E-state index in [4.69, 9.17) is 9.47 Å². The summed E-state index contributed by atoms with van der Waals surface area (Å²) in [6, 6.07) is 7.74. The van der Waals surface area contributed by atoms with Gasteiger partial charge in [-0.3, -0.25) is 4.99 Å². The van der Waals surface area contributed by atoms with Crippen LogP contribution in [0, 0.1) is 0 Å². The van der Waals surface area contributed by atoms with Crippen LogP contribution >= 0.6 is 0 Å². The Morgan fingerprint density at radius 3 is 2.86 bits per heavy atom. The first kappa shape index (κ1) is 13.7. The second kappa shape index (κ2) is 6.48. The van der Waals surface area contributed by atoms with Gasteiger partial charge in [0.2, 0.25) is 0 Å². The van der Waals surface area contributed by atoms with Crippen LogP contribution in [0.2, 0.25) is 0 Å². The molecule has 110 valence electrons. The molecule has 1 aliphatic carbocycles. The zero-order valence-corrected chi connectivity index (χ0v) is 12.2. The molecule has 0 amide bonds. The molecule has 1 atom stereocenters. The molecule has 2 aliphatic rings. The van der Waals surface area contributed by atoms with Crippen molar-refractivity contribution in [2.45, 2.75) is 18.9 Å². The molecule has 0 bridgehead atoms. The Labute approximate surface area is 125 Å². The lowest BCUT2D eigenvalue weighted by molar-refractivity contribution is 0.232. The van der Waals surface area contributed by atoms with Crippen molar-refractivity contribution in [1.82, 2.24) is 5.32 Å². The van der Waals surface area contributed by atoms with Crippen molar-refractivity contribution >= 4 is 5.84 Å². The molecule has 1 aliphatic heterocycles. The monoisotopic (exact) mass is 284 g/mol. The van der Waals surface area contributed by atoms with Crippen molar-refractivity contribution in [2.75, 3.05) is 20.2 Å². The summed E-state index contributed by atoms with van der Waals surface area (Å²) >= 11 is 0. The van der Waals surface area contributed by atoms with Crippen LogP contribution < -0.4 is 14.8 Å². The molecule has 0 fully saturated rings. The number of allylic oxidation sites excluding steroid dienone is 2. The van der Waals surface area contributed by atoms with Crippen LogP contribution in [0.3, 0.4) is 0 Å². The topological polar surface area (TPSA) is 42.9 Å². The molecule has 21 heavy (non-hydrogen) atoms. The number of ether oxygens (including phenoxy) is 2. The number of aliphatic imine (C=N–C) groups is 1. The predicted molar refractivity (Wildman–Crippen MR) is 84.2 cm³/mol. The maximum Gasteiger partial charge on any atom is 0.162 e. The first-order valence-corrected chi connectivity index (χ1v) is 7.33. The molecule has 0 saturated heterocycles. The minimum atomic E-state index is -0.0318. The van der Waals surface area contributed by atoms with E-state index in [2.05, 4.69) is 28.5 Å². The fourth-order valence-corrected chi connectivity index (χ4v) is 2.55. The largest absolute Gasteiger partial charge is 0.493 e. The molecule has 4 heteroatoms. The quantitative estimate of drug-likeness (QED) is 0.924. The van der Waals surface area contributed by atoms with Gasteiger partial charge in [0.25, 0.3) is 0 Å². The standard InChI is InChI=1S/C17H20N2O2/c1-20-15-9-4-5-10-16(15)21-14-8-3-2-7-13(14)17-18-11-6-12-19-17/h2-5,7,9-10,14H,6,8,11-12H2,1H3,(H,18,19). The van der Waals surface area contributed by atoms with E-state index in [0.29, 0.717) is 0 Å². The number of nitrogens with zero attached hydrogens (tertiary/aromatic N) is 1. The first-order valence-electron chi connectivity index (χ1n) is 7.33. The van der Waals surface area contributed by atoms with E-state index in [0.717, 1.165) is 48.8 Å². The number of hydrogen-bond acceptors (Lipinski definition) is 4. The van der Waals surface area contributed by atoms with E-state index in [1.165, 1.54) is 0 Å². The highest BCUT2D eigenvalue weighted by Crippen LogP contribution is 2.30. The second-order valence-electron chi connectivity index (χ2n) is 5.05. The minimum absolute atomic E-state index is 0.0318. The van der Waals surface area contributed by atoms with Gasteiger partial charge in [0.05, 0.1) is 7.11 Å². The van der Waals surface area contributed by atoms with Crippen LogP contribution in [0.5, 0.6) is 11.5 Å². The lowest BCUT2D eigenvalue weighted by Gasteiger charge is -2.26. The number of rotatable bonds is 4. The van der Waals surface area contributed by atoms with Gasteiger partial charge in [0.15, 0.2) is 11.5 Å². The molecule has 1 N–H and O–H groups in total. The SMILES string of the molecule is COc1ccccc1OC1CC=CC=C1C1=NCCCN1. The maximum absolute atomic E-state index is 6.18. The fourth-order valence-electron chi connectivity index (χ4n) is 2.55. The summed E-state index contributed by atoms with van der Waals surface area (Å²) in [5.74, 6) is 2.48. The van der Waals surface area contributed by atoms with Crippen LogP contribution in [0.1, 0.15) is 12.8 Å². The predicted octanol–water partition coefficient (Wildman–Crippen LogP) is 2.72. The Morgan fingerprint density at radius 1 is 1.24 bits per heavy atom. The van der Waals surface area contributed by atoms with Crippen LogP contribution in [-0.4, -0.2) is 32.1 Å². The van der Waals surface area contributed by atoms with Gasteiger partial charge >= 0.3 is 0 Å². The average Bonchev–Trinajstić information content (AvgIpc) is 2.57. The Bertz CT molecular complexity index is 590. The van der Waals surface area contributed by atoms with Crippen molar-refractivity contribution in [2.24, 2.45) is 4.99 Å². The lowest BCUT2D eigenvalue weighted by Crippen LogP contribution is -2.37. The summed E-state index contributed by atoms with van der Waals surface area (Å²) in [5, 5.41) is 3.37. The third-order valence-electron chi connectivity index (χ3n) is 3.62. The maximum atomic E-state index is 6.18. The fraction of sp³-hybridized carbons (Fsp3) is 0.353. The molecule has 3 rings (SSSR count). The van der Waals surface area contributed by atoms with Gasteiger partial charge in [0, 0.05) is 25.1 Å². The third kappa shape index (κ3) is 3.10. The highest BCUT2D eigenvalue weighted by molar-refractivity contribution is 6.00. The van der Waals surface area contributed by atoms with Gasteiger partial charge in [-0.15, -0.1) is 0 Å². The van der Waals surface area contributed by atoms with Gasteiger partial charge in [-0.1, -0.05) is 30.4 Å². The van der Waals surface area contributed by atoms with E-state index < -0.39 is 0 Å². The molecule has 4 nitrogen and oxygen atoms in total. The summed E-state index contributed by atoms with van der Waals surface area (Å²) < 4.78 is 11.5. The van der Waals surface area contributed by atoms with E-state index in [-0.39, 0.29) is 6.10 Å². The van der Waals surface area contributed by atoms with Crippen molar-refractivity contribution < 1.29 is 9.47 Å². The zero-order chi connectivity index (χ0) is 14.5. The van der Waals surface area contributed by atoms with Crippen LogP contribution in [0.15, 0.2) is 53.1 Å². The van der Waals surface area contributed by atoms with Gasteiger partial charge in [-0.25, -0.2) is 0 Å². The second-order valence-corrected chi connectivity index (χ2v) is 5.05. The van der Waals surface area contributed by atoms with E-state index in [1.54, 1.807) is 7.11 Å². The number of benzene rings is 1. The molecule has 1 heterocycles. The number of amidine groups is 1. The summed E-state index contributed by atoms with van der Waals surface area (Å²) in [5.41, 5.74) is 1.11. The highest BCUT2D eigenvalue weighted by atomic mass is 16.5. The van der Waals surface area contributed by atoms with Crippen LogP contribution in [0.4, 0.5) is 0 Å². The molecule has 1 aromatic carbocycles. The Hall–Kier alpha value is -2.23. The van der Waals surface area contributed by atoms with Crippen LogP contribution in [-0.2, 0) is 0 Å². The molecule has 1 aromatic rings. The smallest absolute Gasteiger partial charge is 0.162 e. The van der Waals surface area contributed by atoms with Gasteiger partial charge in [0.1, 0.15) is 11.9 Å². The van der Waals surface area contributed by atoms with Gasteiger partial charge < -0.3 is 14.8 Å². The summed E-state index contributed by atoms with van der Waals surface area (Å²) in [6.07, 6.45) is 8.16. The van der Waals surface area contributed by atoms with Gasteiger partial charge in [-0.2, -0.15) is 0 Å². The summed E-state index contributed by atoms with van der Waals surface area (Å²) in [7, 11) is 1.66. The summed E-state index contributed by atoms with van der Waals surface area (Å²) in [4.78, 5) is 4.58. The average molecular weight is 284 g/mol. The Kier molecular flexibility index (Phi) is 4.24. The molecule has 0 aromatic heterocycles. The molecule has 1 unspecified atom stereocenters. The van der Waals surface area contributed by atoms with E-state index >= 15 is 0 Å². The Morgan fingerprint density at radius 2 is 2.10 bits per heavy atom. The zero-order valence-electron chi connectivity index (χ0n) is 12.2. The molecular formula is C17H20N2O2. The minimum Gasteiger partial charge on any atom is -0.493 e. The number of para-hydroxylation sites is 2. The first-order chi connectivity index (χ1) is 10.4. The third-order valence-corrected chi connectivity index (χ3v) is 3.62. The molecule has 0 spiro atoms. The Balaban J connectivity index is 1.82. The van der Waals surface area contributed by atoms with Crippen molar-refractivity contribution in [3.63, 3.8) is 0 Å². The van der Waals surface area contributed by atoms with Crippen molar-refractivity contribution in [1.29, 1.82) is 0 Å². The van der Waals surface area contributed by atoms with E-state index in [9.17, 15) is 0 Å². The number of nitrogens with one attached hydrogen (secondary N) is 1. The number of hydrogen-bond donors (Lipinski definition) is 1. The van der Waals surface area contributed by atoms with Crippen molar-refractivity contribution in [3.05, 3.63) is 48.1 Å². The van der Waals surface area contributed by atoms with Crippen molar-refractivity contribution in [3.8, 4) is 11.5 Å². The van der Waals surface area contributed by atoms with Crippen LogP contribution in [0.25, 0.3) is 0 Å². The number of methoxy groups -OCH3 is 1. The molecule has 0 saturated carbocycles. The molecule has 0 radical (unpaired) electrons. The lowest BCUT2D eigenvalue weighted by atomic mass is 9.99. The van der Waals surface area contributed by atoms with Gasteiger partial charge in [-0.05, 0) is 18.6 Å². The highest BCUT2D eigenvalue weighted by Gasteiger charge is 2.23. The molecular weight excluding hydrogens is 264 g/mol. The normalized spacial score (nSPS) is 21.1. The van der Waals surface area contributed by atoms with E-state index in [1.807, 2.05) is 24.3 Å².